The van der Waals surface area contributed by atoms with E-state index in [-0.39, 0.29) is 24.0 Å². The minimum absolute atomic E-state index is 0. The Bertz CT molecular complexity index is 507. The van der Waals surface area contributed by atoms with Crippen molar-refractivity contribution in [2.45, 2.75) is 64.3 Å². The van der Waals surface area contributed by atoms with E-state index in [9.17, 15) is 0 Å². The van der Waals surface area contributed by atoms with Crippen molar-refractivity contribution in [2.24, 2.45) is 4.99 Å². The van der Waals surface area contributed by atoms with Gasteiger partial charge >= 0.3 is 0 Å². The predicted octanol–water partition coefficient (Wildman–Crippen LogP) is 2.70. The lowest BCUT2D eigenvalue weighted by molar-refractivity contribution is 0.0992. The smallest absolute Gasteiger partial charge is 0.191 e. The molecular weight excluding hydrogens is 411 g/mol. The summed E-state index contributed by atoms with van der Waals surface area (Å²) in [6, 6.07) is 0.406. The molecule has 2 N–H and O–H groups in total. The molecule has 1 aromatic rings. The number of nitrogens with one attached hydrogen (secondary N) is 2. The molecule has 0 saturated carbocycles. The van der Waals surface area contributed by atoms with Gasteiger partial charge in [-0.1, -0.05) is 6.92 Å². The average molecular weight is 436 g/mol. The summed E-state index contributed by atoms with van der Waals surface area (Å²) in [6.07, 6.45) is 5.31. The number of thiazole rings is 1. The number of hydrogen-bond donors (Lipinski definition) is 2. The topological polar surface area (TPSA) is 58.5 Å². The Kier molecular flexibility index (Phi) is 6.88. The third-order valence-electron chi connectivity index (χ3n) is 4.07. The van der Waals surface area contributed by atoms with Gasteiger partial charge in [0.25, 0.3) is 0 Å². The van der Waals surface area contributed by atoms with E-state index >= 15 is 0 Å². The summed E-state index contributed by atoms with van der Waals surface area (Å²) < 4.78 is 5.89. The van der Waals surface area contributed by atoms with Gasteiger partial charge in [-0.2, -0.15) is 0 Å². The van der Waals surface area contributed by atoms with E-state index in [1.165, 1.54) is 17.8 Å². The van der Waals surface area contributed by atoms with E-state index in [1.807, 2.05) is 0 Å². The van der Waals surface area contributed by atoms with Crippen molar-refractivity contribution < 1.29 is 4.74 Å². The van der Waals surface area contributed by atoms with Gasteiger partial charge < -0.3 is 15.4 Å². The lowest BCUT2D eigenvalue weighted by atomic mass is 9.96. The molecule has 0 aliphatic carbocycles. The average Bonchev–Trinajstić information content (AvgIpc) is 3.21. The molecule has 0 radical (unpaired) electrons. The molecule has 7 heteroatoms. The fourth-order valence-corrected chi connectivity index (χ4v) is 3.77. The van der Waals surface area contributed by atoms with Crippen LogP contribution in [0.2, 0.25) is 0 Å². The quantitative estimate of drug-likeness (QED) is 0.424. The second-order valence-corrected chi connectivity index (χ2v) is 6.58. The molecule has 2 aliphatic rings. The van der Waals surface area contributed by atoms with E-state index in [4.69, 9.17) is 4.74 Å². The molecule has 22 heavy (non-hydrogen) atoms. The van der Waals surface area contributed by atoms with Crippen LogP contribution in [0.25, 0.3) is 0 Å². The van der Waals surface area contributed by atoms with Crippen LogP contribution in [-0.4, -0.2) is 35.7 Å². The first kappa shape index (κ1) is 17.9. The summed E-state index contributed by atoms with van der Waals surface area (Å²) in [5.74, 6) is 0.879. The number of nitrogens with zero attached hydrogens (tertiary/aromatic N) is 2. The molecule has 0 aromatic carbocycles. The summed E-state index contributed by atoms with van der Waals surface area (Å²) in [7, 11) is 0. The first-order valence-corrected chi connectivity index (χ1v) is 8.80. The van der Waals surface area contributed by atoms with Gasteiger partial charge in [0.1, 0.15) is 0 Å². The van der Waals surface area contributed by atoms with Gasteiger partial charge in [-0.25, -0.2) is 9.98 Å². The van der Waals surface area contributed by atoms with Gasteiger partial charge in [-0.15, -0.1) is 35.3 Å². The Hall–Kier alpha value is -0.410. The van der Waals surface area contributed by atoms with Crippen LogP contribution in [0.15, 0.2) is 10.4 Å². The summed E-state index contributed by atoms with van der Waals surface area (Å²) in [6.45, 7) is 5.72. The van der Waals surface area contributed by atoms with E-state index in [1.54, 1.807) is 11.3 Å². The van der Waals surface area contributed by atoms with Crippen molar-refractivity contribution in [1.82, 2.24) is 15.6 Å². The van der Waals surface area contributed by atoms with E-state index in [2.05, 4.69) is 39.8 Å². The first-order valence-electron chi connectivity index (χ1n) is 7.92. The summed E-state index contributed by atoms with van der Waals surface area (Å²) in [4.78, 5) is 9.22. The van der Waals surface area contributed by atoms with Crippen molar-refractivity contribution in [3.05, 3.63) is 16.1 Å². The van der Waals surface area contributed by atoms with Gasteiger partial charge in [0.05, 0.1) is 35.5 Å². The van der Waals surface area contributed by atoms with Gasteiger partial charge in [0.2, 0.25) is 0 Å². The van der Waals surface area contributed by atoms with E-state index in [0.717, 1.165) is 31.0 Å². The number of halogens is 1. The lowest BCUT2D eigenvalue weighted by Crippen LogP contribution is -2.47. The first-order chi connectivity index (χ1) is 10.3. The molecule has 124 valence electrons. The van der Waals surface area contributed by atoms with Crippen LogP contribution >= 0.6 is 35.3 Å². The molecule has 5 nitrogen and oxygen atoms in total. The molecule has 3 unspecified atom stereocenters. The molecular formula is C15H25IN4OS. The lowest BCUT2D eigenvalue weighted by Gasteiger charge is -2.22. The number of aryl methyl sites for hydroxylation is 1. The third-order valence-corrected chi connectivity index (χ3v) is 5.12. The highest BCUT2D eigenvalue weighted by Crippen LogP contribution is 2.34. The Balaban J connectivity index is 0.00000176. The maximum atomic E-state index is 5.89. The number of rotatable bonds is 5. The van der Waals surface area contributed by atoms with Crippen molar-refractivity contribution >= 4 is 41.3 Å². The van der Waals surface area contributed by atoms with Crippen LogP contribution in [0.1, 0.15) is 43.8 Å². The van der Waals surface area contributed by atoms with Crippen molar-refractivity contribution in [3.63, 3.8) is 0 Å². The van der Waals surface area contributed by atoms with Gasteiger partial charge in [0, 0.05) is 11.9 Å². The van der Waals surface area contributed by atoms with Crippen molar-refractivity contribution in [1.29, 1.82) is 0 Å². The fraction of sp³-hybridized carbons (Fsp3) is 0.733. The third kappa shape index (κ3) is 4.32. The maximum Gasteiger partial charge on any atom is 0.191 e. The second-order valence-electron chi connectivity index (χ2n) is 5.64. The van der Waals surface area contributed by atoms with Crippen LogP contribution in [-0.2, 0) is 17.7 Å². The van der Waals surface area contributed by atoms with Crippen molar-refractivity contribution in [3.8, 4) is 0 Å². The fourth-order valence-electron chi connectivity index (χ4n) is 3.03. The standard InChI is InChI=1S/C15H24N4OS.HI/c1-3-14-18-10(9-21-14)8-17-15(16-4-2)19-12-7-11-5-6-13(12)20-11;/h9,11-13H,3-8H2,1-2H3,(H2,16,17,19);1H. The summed E-state index contributed by atoms with van der Waals surface area (Å²) in [5.41, 5.74) is 1.05. The highest BCUT2D eigenvalue weighted by Gasteiger charge is 2.41. The van der Waals surface area contributed by atoms with Crippen LogP contribution in [0.5, 0.6) is 0 Å². The Labute approximate surface area is 153 Å². The number of hydrogen-bond acceptors (Lipinski definition) is 4. The van der Waals surface area contributed by atoms with E-state index in [0.29, 0.717) is 24.8 Å². The van der Waals surface area contributed by atoms with Crippen LogP contribution in [0, 0.1) is 0 Å². The minimum Gasteiger partial charge on any atom is -0.373 e. The number of ether oxygens (including phenoxy) is 1. The predicted molar refractivity (Wildman–Crippen MR) is 101 cm³/mol. The second kappa shape index (κ2) is 8.44. The SMILES string of the molecule is CCNC(=NCc1csc(CC)n1)NC1CC2CCC1O2.I. The number of fused-ring (bicyclic) bond motifs is 2. The molecule has 3 heterocycles. The highest BCUT2D eigenvalue weighted by molar-refractivity contribution is 14.0. The van der Waals surface area contributed by atoms with Crippen LogP contribution in [0.3, 0.4) is 0 Å². The van der Waals surface area contributed by atoms with Crippen LogP contribution in [0.4, 0.5) is 0 Å². The molecule has 3 rings (SSSR count). The molecule has 2 saturated heterocycles. The largest absolute Gasteiger partial charge is 0.373 e. The molecule has 2 fully saturated rings. The van der Waals surface area contributed by atoms with E-state index < -0.39 is 0 Å². The zero-order chi connectivity index (χ0) is 14.7. The molecule has 1 aromatic heterocycles. The minimum atomic E-state index is 0. The Morgan fingerprint density at radius 2 is 2.32 bits per heavy atom. The van der Waals surface area contributed by atoms with Gasteiger partial charge in [-0.05, 0) is 32.6 Å². The summed E-state index contributed by atoms with van der Waals surface area (Å²) >= 11 is 1.72. The zero-order valence-electron chi connectivity index (χ0n) is 13.2. The van der Waals surface area contributed by atoms with Gasteiger partial charge in [0.15, 0.2) is 5.96 Å². The molecule has 0 amide bonds. The molecule has 3 atom stereocenters. The summed E-state index contributed by atoms with van der Waals surface area (Å²) in [5, 5.41) is 10.1. The van der Waals surface area contributed by atoms with Crippen molar-refractivity contribution in [2.75, 3.05) is 6.54 Å². The monoisotopic (exact) mass is 436 g/mol. The molecule has 0 spiro atoms. The maximum absolute atomic E-state index is 5.89. The van der Waals surface area contributed by atoms with Gasteiger partial charge in [-0.3, -0.25) is 0 Å². The normalized spacial score (nSPS) is 26.8. The van der Waals surface area contributed by atoms with Crippen LogP contribution < -0.4 is 10.6 Å². The molecule has 2 bridgehead atoms. The number of aliphatic imine (C=N–C) groups is 1. The number of aromatic nitrogens is 1. The number of guanidine groups is 1. The highest BCUT2D eigenvalue weighted by atomic mass is 127. The zero-order valence-corrected chi connectivity index (χ0v) is 16.3. The Morgan fingerprint density at radius 3 is 2.91 bits per heavy atom. The Morgan fingerprint density at radius 1 is 1.45 bits per heavy atom. The molecule has 2 aliphatic heterocycles.